The van der Waals surface area contributed by atoms with E-state index in [2.05, 4.69) is 10.0 Å². The Kier molecular flexibility index (Phi) is 6.87. The van der Waals surface area contributed by atoms with E-state index >= 15 is 0 Å². The normalized spacial score (nSPS) is 11.1. The van der Waals surface area contributed by atoms with Crippen LogP contribution in [0.3, 0.4) is 0 Å². The van der Waals surface area contributed by atoms with Gasteiger partial charge in [0.2, 0.25) is 10.0 Å². The smallest absolute Gasteiger partial charge is 0.255 e. The van der Waals surface area contributed by atoms with Crippen molar-refractivity contribution in [3.8, 4) is 5.75 Å². The number of anilines is 1. The average Bonchev–Trinajstić information content (AvgIpc) is 2.76. The molecule has 0 fully saturated rings. The van der Waals surface area contributed by atoms with Crippen molar-refractivity contribution >= 4 is 21.6 Å². The first-order chi connectivity index (χ1) is 14.4. The molecule has 0 bridgehead atoms. The Morgan fingerprint density at radius 1 is 0.967 bits per heavy atom. The summed E-state index contributed by atoms with van der Waals surface area (Å²) in [5.41, 5.74) is 2.78. The lowest BCUT2D eigenvalue weighted by Crippen LogP contribution is -2.26. The van der Waals surface area contributed by atoms with Crippen molar-refractivity contribution in [2.75, 3.05) is 19.0 Å². The SMILES string of the molecule is COc1ccc(CCNS(=O)(=O)c2ccc(NC(=O)c3ccccc3)c(C)c2)cc1. The number of carbonyl (C=O) groups excluding carboxylic acids is 1. The summed E-state index contributed by atoms with van der Waals surface area (Å²) >= 11 is 0. The van der Waals surface area contributed by atoms with Crippen LogP contribution in [0.4, 0.5) is 5.69 Å². The van der Waals surface area contributed by atoms with E-state index in [0.717, 1.165) is 11.3 Å². The van der Waals surface area contributed by atoms with Gasteiger partial charge in [-0.25, -0.2) is 13.1 Å². The largest absolute Gasteiger partial charge is 0.497 e. The molecule has 0 spiro atoms. The van der Waals surface area contributed by atoms with Crippen LogP contribution in [0.25, 0.3) is 0 Å². The van der Waals surface area contributed by atoms with Gasteiger partial charge in [0.15, 0.2) is 0 Å². The zero-order chi connectivity index (χ0) is 21.6. The summed E-state index contributed by atoms with van der Waals surface area (Å²) in [6, 6.07) is 21.0. The van der Waals surface area contributed by atoms with Gasteiger partial charge in [-0.3, -0.25) is 4.79 Å². The summed E-state index contributed by atoms with van der Waals surface area (Å²) in [4.78, 5) is 12.5. The van der Waals surface area contributed by atoms with Crippen molar-refractivity contribution in [2.45, 2.75) is 18.2 Å². The zero-order valence-electron chi connectivity index (χ0n) is 16.9. The van der Waals surface area contributed by atoms with E-state index in [1.807, 2.05) is 30.3 Å². The van der Waals surface area contributed by atoms with Crippen LogP contribution in [0.2, 0.25) is 0 Å². The van der Waals surface area contributed by atoms with E-state index in [4.69, 9.17) is 4.74 Å². The minimum Gasteiger partial charge on any atom is -0.497 e. The van der Waals surface area contributed by atoms with E-state index in [1.165, 1.54) is 6.07 Å². The molecule has 0 saturated heterocycles. The molecule has 0 atom stereocenters. The maximum atomic E-state index is 12.6. The predicted molar refractivity (Wildman–Crippen MR) is 117 cm³/mol. The van der Waals surface area contributed by atoms with Gasteiger partial charge >= 0.3 is 0 Å². The quantitative estimate of drug-likeness (QED) is 0.576. The molecule has 0 aliphatic heterocycles. The Bertz CT molecular complexity index is 1110. The van der Waals surface area contributed by atoms with Gasteiger partial charge in [-0.1, -0.05) is 30.3 Å². The lowest BCUT2D eigenvalue weighted by atomic mass is 10.1. The summed E-state index contributed by atoms with van der Waals surface area (Å²) in [6.07, 6.45) is 0.563. The molecule has 0 unspecified atom stereocenters. The lowest BCUT2D eigenvalue weighted by Gasteiger charge is -2.12. The molecule has 0 saturated carbocycles. The molecule has 3 rings (SSSR count). The van der Waals surface area contributed by atoms with Crippen LogP contribution in [0, 0.1) is 6.92 Å². The molecule has 0 aliphatic carbocycles. The third-order valence-corrected chi connectivity index (χ3v) is 6.12. The number of hydrogen-bond donors (Lipinski definition) is 2. The fourth-order valence-electron chi connectivity index (χ4n) is 2.93. The predicted octanol–water partition coefficient (Wildman–Crippen LogP) is 3.78. The van der Waals surface area contributed by atoms with Gasteiger partial charge in [0.1, 0.15) is 5.75 Å². The number of hydrogen-bond acceptors (Lipinski definition) is 4. The maximum Gasteiger partial charge on any atom is 0.255 e. The van der Waals surface area contributed by atoms with Crippen molar-refractivity contribution < 1.29 is 17.9 Å². The number of amides is 1. The van der Waals surface area contributed by atoms with Crippen LogP contribution in [0.15, 0.2) is 77.7 Å². The molecule has 2 N–H and O–H groups in total. The summed E-state index contributed by atoms with van der Waals surface area (Å²) in [5, 5.41) is 2.81. The van der Waals surface area contributed by atoms with Crippen LogP contribution < -0.4 is 14.8 Å². The van der Waals surface area contributed by atoms with E-state index < -0.39 is 10.0 Å². The van der Waals surface area contributed by atoms with E-state index in [1.54, 1.807) is 50.4 Å². The molecule has 7 heteroatoms. The number of aryl methyl sites for hydroxylation is 1. The second kappa shape index (κ2) is 9.56. The van der Waals surface area contributed by atoms with E-state index in [0.29, 0.717) is 23.2 Å². The molecule has 0 heterocycles. The van der Waals surface area contributed by atoms with Gasteiger partial charge in [0, 0.05) is 17.8 Å². The highest BCUT2D eigenvalue weighted by Crippen LogP contribution is 2.20. The number of sulfonamides is 1. The molecule has 0 radical (unpaired) electrons. The molecule has 3 aromatic rings. The number of nitrogens with one attached hydrogen (secondary N) is 2. The van der Waals surface area contributed by atoms with Crippen molar-refractivity contribution in [1.29, 1.82) is 0 Å². The Balaban J connectivity index is 1.63. The number of carbonyl (C=O) groups is 1. The Labute approximate surface area is 177 Å². The summed E-state index contributed by atoms with van der Waals surface area (Å²) in [6.45, 7) is 2.04. The standard InChI is InChI=1S/C23H24N2O4S/c1-17-16-21(12-13-22(17)25-23(26)19-6-4-3-5-7-19)30(27,28)24-15-14-18-8-10-20(29-2)11-9-18/h3-13,16,24H,14-15H2,1-2H3,(H,25,26). The fourth-order valence-corrected chi connectivity index (χ4v) is 4.05. The molecular weight excluding hydrogens is 400 g/mol. The van der Waals surface area contributed by atoms with Crippen molar-refractivity contribution in [2.24, 2.45) is 0 Å². The molecular formula is C23H24N2O4S. The average molecular weight is 425 g/mol. The van der Waals surface area contributed by atoms with E-state index in [-0.39, 0.29) is 17.3 Å². The molecule has 3 aromatic carbocycles. The highest BCUT2D eigenvalue weighted by molar-refractivity contribution is 7.89. The minimum atomic E-state index is -3.65. The summed E-state index contributed by atoms with van der Waals surface area (Å²) in [7, 11) is -2.05. The topological polar surface area (TPSA) is 84.5 Å². The van der Waals surface area contributed by atoms with E-state index in [9.17, 15) is 13.2 Å². The highest BCUT2D eigenvalue weighted by Gasteiger charge is 2.16. The highest BCUT2D eigenvalue weighted by atomic mass is 32.2. The monoisotopic (exact) mass is 424 g/mol. The first-order valence-corrected chi connectivity index (χ1v) is 11.0. The number of ether oxygens (including phenoxy) is 1. The molecule has 0 aromatic heterocycles. The first kappa shape index (κ1) is 21.5. The van der Waals surface area contributed by atoms with Crippen LogP contribution >= 0.6 is 0 Å². The lowest BCUT2D eigenvalue weighted by molar-refractivity contribution is 0.102. The maximum absolute atomic E-state index is 12.6. The van der Waals surface area contributed by atoms with Crippen LogP contribution in [0.5, 0.6) is 5.75 Å². The van der Waals surface area contributed by atoms with Crippen molar-refractivity contribution in [1.82, 2.24) is 4.72 Å². The summed E-state index contributed by atoms with van der Waals surface area (Å²) < 4.78 is 33.0. The Morgan fingerprint density at radius 3 is 2.30 bits per heavy atom. The second-order valence-electron chi connectivity index (χ2n) is 6.79. The number of benzene rings is 3. The molecule has 156 valence electrons. The minimum absolute atomic E-state index is 0.160. The Morgan fingerprint density at radius 2 is 1.67 bits per heavy atom. The zero-order valence-corrected chi connectivity index (χ0v) is 17.7. The fraction of sp³-hybridized carbons (Fsp3) is 0.174. The van der Waals surface area contributed by atoms with Gasteiger partial charge in [0.05, 0.1) is 12.0 Å². The summed E-state index contributed by atoms with van der Waals surface area (Å²) in [5.74, 6) is 0.515. The van der Waals surface area contributed by atoms with Gasteiger partial charge < -0.3 is 10.1 Å². The van der Waals surface area contributed by atoms with Crippen molar-refractivity contribution in [3.63, 3.8) is 0 Å². The molecule has 0 aliphatic rings. The molecule has 1 amide bonds. The van der Waals surface area contributed by atoms with Crippen LogP contribution in [-0.4, -0.2) is 28.0 Å². The van der Waals surface area contributed by atoms with Crippen LogP contribution in [0.1, 0.15) is 21.5 Å². The third-order valence-electron chi connectivity index (χ3n) is 4.66. The molecule has 6 nitrogen and oxygen atoms in total. The van der Waals surface area contributed by atoms with Gasteiger partial charge in [-0.2, -0.15) is 0 Å². The number of rotatable bonds is 8. The second-order valence-corrected chi connectivity index (χ2v) is 8.56. The van der Waals surface area contributed by atoms with Gasteiger partial charge in [0.25, 0.3) is 5.91 Å². The Hall–Kier alpha value is -3.16. The first-order valence-electron chi connectivity index (χ1n) is 9.49. The van der Waals surface area contributed by atoms with Gasteiger partial charge in [-0.15, -0.1) is 0 Å². The van der Waals surface area contributed by atoms with Gasteiger partial charge in [-0.05, 0) is 66.9 Å². The molecule has 30 heavy (non-hydrogen) atoms. The number of methoxy groups -OCH3 is 1. The van der Waals surface area contributed by atoms with Crippen LogP contribution in [-0.2, 0) is 16.4 Å². The third kappa shape index (κ3) is 5.46. The van der Waals surface area contributed by atoms with Crippen molar-refractivity contribution in [3.05, 3.63) is 89.5 Å².